The molecular weight excluding hydrogens is 917 g/mol. The molecular formula is C50H44N2O10S4. The van der Waals surface area contributed by atoms with Crippen LogP contribution in [0.4, 0.5) is 0 Å². The molecule has 2 atom stereocenters. The lowest BCUT2D eigenvalue weighted by atomic mass is 10.0. The lowest BCUT2D eigenvalue weighted by Gasteiger charge is -2.21. The highest BCUT2D eigenvalue weighted by Gasteiger charge is 2.30. The smallest absolute Gasteiger partial charge is 0.241 e. The molecule has 8 aromatic rings. The highest BCUT2D eigenvalue weighted by atomic mass is 32.2. The molecule has 0 fully saturated rings. The molecule has 0 saturated heterocycles. The Kier molecular flexibility index (Phi) is 12.3. The van der Waals surface area contributed by atoms with Crippen LogP contribution in [0.2, 0.25) is 0 Å². The maximum Gasteiger partial charge on any atom is 0.241 e. The van der Waals surface area contributed by atoms with Crippen molar-refractivity contribution in [3.05, 3.63) is 166 Å². The Labute approximate surface area is 390 Å². The molecule has 2 aliphatic heterocycles. The van der Waals surface area contributed by atoms with Crippen molar-refractivity contribution in [1.29, 1.82) is 0 Å². The van der Waals surface area contributed by atoms with Gasteiger partial charge in [0.1, 0.15) is 18.1 Å². The summed E-state index contributed by atoms with van der Waals surface area (Å²) in [6.07, 6.45) is 1.39. The second-order valence-corrected chi connectivity index (χ2v) is 21.4. The predicted molar refractivity (Wildman–Crippen MR) is 256 cm³/mol. The zero-order chi connectivity index (χ0) is 45.3. The van der Waals surface area contributed by atoms with Crippen LogP contribution in [0, 0.1) is 0 Å². The summed E-state index contributed by atoms with van der Waals surface area (Å²) in [6.45, 7) is 1.99. The topological polar surface area (TPSA) is 148 Å². The minimum atomic E-state index is -4.10. The van der Waals surface area contributed by atoms with Gasteiger partial charge in [0, 0.05) is 55.3 Å². The Balaban J connectivity index is 0.947. The number of hydrogen-bond donors (Lipinski definition) is 2. The molecule has 66 heavy (non-hydrogen) atoms. The third-order valence-electron chi connectivity index (χ3n) is 11.3. The Hall–Kier alpha value is -6.14. The van der Waals surface area contributed by atoms with E-state index in [1.807, 2.05) is 97.1 Å². The number of benzene rings is 6. The number of ether oxygens (including phenoxy) is 6. The van der Waals surface area contributed by atoms with Gasteiger partial charge in [-0.05, 0) is 83.1 Å². The molecule has 2 aliphatic rings. The minimum absolute atomic E-state index is 0.0496. The molecule has 2 unspecified atom stereocenters. The van der Waals surface area contributed by atoms with E-state index in [9.17, 15) is 16.8 Å². The van der Waals surface area contributed by atoms with Gasteiger partial charge < -0.3 is 28.4 Å². The van der Waals surface area contributed by atoms with Crippen molar-refractivity contribution in [3.63, 3.8) is 0 Å². The molecule has 338 valence electrons. The van der Waals surface area contributed by atoms with Crippen molar-refractivity contribution < 1.29 is 45.3 Å². The maximum absolute atomic E-state index is 14.3. The summed E-state index contributed by atoms with van der Waals surface area (Å²) in [7, 11) is -6.63. The van der Waals surface area contributed by atoms with Crippen molar-refractivity contribution >= 4 is 62.9 Å². The van der Waals surface area contributed by atoms with Gasteiger partial charge in [0.2, 0.25) is 20.0 Å². The van der Waals surface area contributed by atoms with Crippen LogP contribution in [0.5, 0.6) is 34.5 Å². The second kappa shape index (κ2) is 18.6. The largest absolute Gasteiger partial charge is 0.496 e. The van der Waals surface area contributed by atoms with Gasteiger partial charge in [0.05, 0.1) is 55.4 Å². The van der Waals surface area contributed by atoms with E-state index < -0.39 is 32.1 Å². The van der Waals surface area contributed by atoms with Gasteiger partial charge in [-0.3, -0.25) is 0 Å². The van der Waals surface area contributed by atoms with E-state index in [-0.39, 0.29) is 16.4 Å². The number of rotatable bonds is 14. The fraction of sp³-hybridized carbons (Fsp3) is 0.200. The summed E-state index contributed by atoms with van der Waals surface area (Å²) in [5.41, 5.74) is 2.15. The van der Waals surface area contributed by atoms with Crippen molar-refractivity contribution in [2.45, 2.75) is 41.3 Å². The van der Waals surface area contributed by atoms with Crippen molar-refractivity contribution in [1.82, 2.24) is 9.44 Å². The highest BCUT2D eigenvalue weighted by Crippen LogP contribution is 2.41. The summed E-state index contributed by atoms with van der Waals surface area (Å²) in [5, 5.41) is 1.89. The van der Waals surface area contributed by atoms with Crippen LogP contribution >= 0.6 is 22.7 Å². The van der Waals surface area contributed by atoms with E-state index in [0.717, 1.165) is 35.5 Å². The van der Waals surface area contributed by atoms with Gasteiger partial charge in [-0.25, -0.2) is 16.8 Å². The molecule has 0 bridgehead atoms. The molecule has 16 heteroatoms. The number of thiophene rings is 2. The highest BCUT2D eigenvalue weighted by molar-refractivity contribution is 7.89. The van der Waals surface area contributed by atoms with Gasteiger partial charge in [-0.1, -0.05) is 60.7 Å². The van der Waals surface area contributed by atoms with Gasteiger partial charge in [-0.2, -0.15) is 9.44 Å². The van der Waals surface area contributed by atoms with Crippen molar-refractivity contribution in [2.24, 2.45) is 0 Å². The number of fused-ring (bicyclic) bond motifs is 4. The van der Waals surface area contributed by atoms with Crippen LogP contribution in [0.1, 0.15) is 51.4 Å². The minimum Gasteiger partial charge on any atom is -0.496 e. The molecule has 0 radical (unpaired) electrons. The van der Waals surface area contributed by atoms with Crippen LogP contribution in [0.15, 0.2) is 149 Å². The van der Waals surface area contributed by atoms with Crippen LogP contribution in [-0.2, 0) is 26.7 Å². The lowest BCUT2D eigenvalue weighted by molar-refractivity contribution is 0.296. The Morgan fingerprint density at radius 3 is 1.62 bits per heavy atom. The average molecular weight is 961 g/mol. The number of sulfonamides is 2. The molecule has 2 aromatic heterocycles. The van der Waals surface area contributed by atoms with Gasteiger partial charge in [0.25, 0.3) is 0 Å². The molecule has 2 N–H and O–H groups in total. The molecule has 0 saturated carbocycles. The zero-order valence-electron chi connectivity index (χ0n) is 35.6. The normalized spacial score (nSPS) is 14.9. The first kappa shape index (κ1) is 43.7. The average Bonchev–Trinajstić information content (AvgIpc) is 3.78. The Morgan fingerprint density at radius 1 is 0.530 bits per heavy atom. The van der Waals surface area contributed by atoms with Crippen LogP contribution in [0.3, 0.4) is 0 Å². The Bertz CT molecular complexity index is 3260. The number of hydrogen-bond acceptors (Lipinski definition) is 12. The summed E-state index contributed by atoms with van der Waals surface area (Å²) < 4.78 is 100. The number of methoxy groups -OCH3 is 1. The van der Waals surface area contributed by atoms with Crippen molar-refractivity contribution in [3.8, 4) is 34.5 Å². The predicted octanol–water partition coefficient (Wildman–Crippen LogP) is 10.2. The van der Waals surface area contributed by atoms with E-state index in [0.29, 0.717) is 84.9 Å². The molecule has 10 rings (SSSR count). The fourth-order valence-corrected chi connectivity index (χ4v) is 12.8. The van der Waals surface area contributed by atoms with E-state index >= 15 is 0 Å². The molecule has 0 aliphatic carbocycles. The first-order chi connectivity index (χ1) is 32.1. The standard InChI is InChI=1S/C50H44N2O10S4/c1-57-39-13-5-3-11-37(39)49(51-65(53,54)35-17-19-41-43(29-35)60-24-8-22-58-41)48-28-34-26-32(16-21-46(34)64-48)31-62-40-14-6-4-12-38(40)50(47-27-33-10-2-7-15-45(33)63-47)52-66(55,56)36-18-20-42-44(30-36)61-25-9-23-59-42/h2-7,10-21,26-30,49-52H,8-9,22-25,31H2,1H3. The van der Waals surface area contributed by atoms with E-state index in [4.69, 9.17) is 28.4 Å². The molecule has 4 heterocycles. The quantitative estimate of drug-likeness (QED) is 0.108. The summed E-state index contributed by atoms with van der Waals surface area (Å²) in [6, 6.07) is 40.4. The summed E-state index contributed by atoms with van der Waals surface area (Å²) in [5.74, 6) is 2.82. The van der Waals surface area contributed by atoms with E-state index in [2.05, 4.69) is 9.44 Å². The summed E-state index contributed by atoms with van der Waals surface area (Å²) >= 11 is 2.99. The second-order valence-electron chi connectivity index (χ2n) is 15.7. The number of nitrogens with one attached hydrogen (secondary N) is 2. The molecule has 6 aromatic carbocycles. The van der Waals surface area contributed by atoms with Crippen LogP contribution < -0.4 is 37.9 Å². The maximum atomic E-state index is 14.3. The van der Waals surface area contributed by atoms with Crippen molar-refractivity contribution in [2.75, 3.05) is 33.5 Å². The van der Waals surface area contributed by atoms with E-state index in [1.54, 1.807) is 25.3 Å². The zero-order valence-corrected chi connectivity index (χ0v) is 38.9. The van der Waals surface area contributed by atoms with E-state index in [1.165, 1.54) is 46.9 Å². The monoisotopic (exact) mass is 960 g/mol. The summed E-state index contributed by atoms with van der Waals surface area (Å²) in [4.78, 5) is 1.65. The SMILES string of the molecule is COc1ccccc1C(NS(=O)(=O)c1ccc2c(c1)OCCCO2)c1cc2cc(COc3ccccc3C(NS(=O)(=O)c3ccc4c(c3)OCCCO4)c3cc4ccccc4s3)ccc2s1. The third-order valence-corrected chi connectivity index (χ3v) is 16.5. The first-order valence-electron chi connectivity index (χ1n) is 21.3. The lowest BCUT2D eigenvalue weighted by Crippen LogP contribution is -2.29. The fourth-order valence-electron chi connectivity index (χ4n) is 8.02. The third kappa shape index (κ3) is 9.17. The van der Waals surface area contributed by atoms with Crippen LogP contribution in [-0.4, -0.2) is 50.4 Å². The first-order valence-corrected chi connectivity index (χ1v) is 25.9. The Morgan fingerprint density at radius 2 is 1.03 bits per heavy atom. The molecule has 12 nitrogen and oxygen atoms in total. The van der Waals surface area contributed by atoms with Gasteiger partial charge in [-0.15, -0.1) is 22.7 Å². The van der Waals surface area contributed by atoms with Crippen LogP contribution in [0.25, 0.3) is 20.2 Å². The van der Waals surface area contributed by atoms with Gasteiger partial charge in [0.15, 0.2) is 23.0 Å². The number of para-hydroxylation sites is 2. The molecule has 0 amide bonds. The van der Waals surface area contributed by atoms with Gasteiger partial charge >= 0.3 is 0 Å². The molecule has 0 spiro atoms.